The summed E-state index contributed by atoms with van der Waals surface area (Å²) < 4.78 is 43.2. The van der Waals surface area contributed by atoms with Gasteiger partial charge in [0.15, 0.2) is 11.5 Å². The molecule has 0 aliphatic rings. The van der Waals surface area contributed by atoms with Crippen molar-refractivity contribution in [1.29, 1.82) is 0 Å². The molecule has 0 fully saturated rings. The SMILES string of the molecule is O=C(O)C[C@H](Cc1nc2ccccc2o1)C(F)(F)F. The molecule has 0 aliphatic heterocycles. The predicted octanol–water partition coefficient (Wildman–Crippen LogP) is 3.02. The van der Waals surface area contributed by atoms with Crippen LogP contribution in [0.5, 0.6) is 0 Å². The quantitative estimate of drug-likeness (QED) is 0.930. The Bertz CT molecular complexity index is 558. The summed E-state index contributed by atoms with van der Waals surface area (Å²) in [5.74, 6) is -3.61. The number of carbonyl (C=O) groups is 1. The first kappa shape index (κ1) is 13.4. The monoisotopic (exact) mass is 273 g/mol. The largest absolute Gasteiger partial charge is 0.481 e. The van der Waals surface area contributed by atoms with E-state index in [9.17, 15) is 18.0 Å². The minimum atomic E-state index is -4.60. The van der Waals surface area contributed by atoms with Crippen LogP contribution in [0.3, 0.4) is 0 Å². The molecular weight excluding hydrogens is 263 g/mol. The van der Waals surface area contributed by atoms with Gasteiger partial charge in [0.05, 0.1) is 12.3 Å². The Morgan fingerprint density at radius 3 is 2.63 bits per heavy atom. The molecule has 1 aromatic heterocycles. The molecule has 0 aliphatic carbocycles. The number of aromatic nitrogens is 1. The van der Waals surface area contributed by atoms with Crippen LogP contribution in [0.25, 0.3) is 11.1 Å². The number of carboxylic acids is 1. The lowest BCUT2D eigenvalue weighted by Gasteiger charge is -2.16. The number of hydrogen-bond donors (Lipinski definition) is 1. The third-order valence-corrected chi connectivity index (χ3v) is 2.64. The molecule has 0 radical (unpaired) electrons. The van der Waals surface area contributed by atoms with Crippen LogP contribution in [0.4, 0.5) is 13.2 Å². The summed E-state index contributed by atoms with van der Waals surface area (Å²) in [6.45, 7) is 0. The molecule has 19 heavy (non-hydrogen) atoms. The van der Waals surface area contributed by atoms with Crippen molar-refractivity contribution in [2.24, 2.45) is 5.92 Å². The molecule has 1 atom stereocenters. The van der Waals surface area contributed by atoms with Gasteiger partial charge >= 0.3 is 12.1 Å². The fraction of sp³-hybridized carbons (Fsp3) is 0.333. The van der Waals surface area contributed by atoms with E-state index in [0.29, 0.717) is 11.1 Å². The topological polar surface area (TPSA) is 63.3 Å². The number of benzene rings is 1. The Hall–Kier alpha value is -2.05. The van der Waals surface area contributed by atoms with Gasteiger partial charge in [0, 0.05) is 6.42 Å². The van der Waals surface area contributed by atoms with Gasteiger partial charge in [-0.25, -0.2) is 4.98 Å². The summed E-state index contributed by atoms with van der Waals surface area (Å²) in [6, 6.07) is 6.57. The molecule has 2 aromatic rings. The van der Waals surface area contributed by atoms with E-state index in [1.54, 1.807) is 24.3 Å². The van der Waals surface area contributed by atoms with Gasteiger partial charge in [-0.15, -0.1) is 0 Å². The van der Waals surface area contributed by atoms with E-state index in [0.717, 1.165) is 0 Å². The van der Waals surface area contributed by atoms with Gasteiger partial charge < -0.3 is 9.52 Å². The van der Waals surface area contributed by atoms with Crippen LogP contribution in [0.1, 0.15) is 12.3 Å². The van der Waals surface area contributed by atoms with Gasteiger partial charge in [-0.1, -0.05) is 12.1 Å². The van der Waals surface area contributed by atoms with Gasteiger partial charge in [0.25, 0.3) is 0 Å². The number of oxazole rings is 1. The zero-order chi connectivity index (χ0) is 14.0. The van der Waals surface area contributed by atoms with Crippen molar-refractivity contribution >= 4 is 17.1 Å². The lowest BCUT2D eigenvalue weighted by atomic mass is 10.0. The van der Waals surface area contributed by atoms with E-state index in [4.69, 9.17) is 9.52 Å². The van der Waals surface area contributed by atoms with Crippen LogP contribution in [-0.2, 0) is 11.2 Å². The van der Waals surface area contributed by atoms with E-state index in [2.05, 4.69) is 4.98 Å². The molecule has 0 saturated heterocycles. The van der Waals surface area contributed by atoms with E-state index in [1.165, 1.54) is 0 Å². The van der Waals surface area contributed by atoms with E-state index < -0.39 is 30.9 Å². The highest BCUT2D eigenvalue weighted by Gasteiger charge is 2.41. The molecule has 0 amide bonds. The van der Waals surface area contributed by atoms with Crippen molar-refractivity contribution < 1.29 is 27.5 Å². The third kappa shape index (κ3) is 3.24. The van der Waals surface area contributed by atoms with Crippen LogP contribution in [0, 0.1) is 5.92 Å². The Morgan fingerprint density at radius 1 is 1.37 bits per heavy atom. The maximum absolute atomic E-state index is 12.7. The molecule has 2 rings (SSSR count). The maximum atomic E-state index is 12.7. The number of alkyl halides is 3. The first-order chi connectivity index (χ1) is 8.86. The molecule has 1 aromatic carbocycles. The van der Waals surface area contributed by atoms with Gasteiger partial charge in [-0.3, -0.25) is 4.79 Å². The smallest absolute Gasteiger partial charge is 0.392 e. The minimum Gasteiger partial charge on any atom is -0.481 e. The Labute approximate surface area is 105 Å². The van der Waals surface area contributed by atoms with Crippen molar-refractivity contribution in [3.8, 4) is 0 Å². The van der Waals surface area contributed by atoms with Crippen LogP contribution in [0.15, 0.2) is 28.7 Å². The van der Waals surface area contributed by atoms with Crippen molar-refractivity contribution in [3.63, 3.8) is 0 Å². The number of hydrogen-bond acceptors (Lipinski definition) is 3. The number of halogens is 3. The van der Waals surface area contributed by atoms with Gasteiger partial charge in [0.2, 0.25) is 0 Å². The fourth-order valence-electron chi connectivity index (χ4n) is 1.73. The van der Waals surface area contributed by atoms with Crippen molar-refractivity contribution in [1.82, 2.24) is 4.98 Å². The zero-order valence-corrected chi connectivity index (χ0v) is 9.65. The van der Waals surface area contributed by atoms with Gasteiger partial charge in [-0.05, 0) is 12.1 Å². The van der Waals surface area contributed by atoms with Gasteiger partial charge in [0.1, 0.15) is 5.52 Å². The normalized spacial score (nSPS) is 13.6. The lowest BCUT2D eigenvalue weighted by molar-refractivity contribution is -0.183. The summed E-state index contributed by atoms with van der Waals surface area (Å²) in [6.07, 6.45) is -6.17. The second kappa shape index (κ2) is 4.91. The Morgan fingerprint density at radius 2 is 2.05 bits per heavy atom. The third-order valence-electron chi connectivity index (χ3n) is 2.64. The molecule has 0 bridgehead atoms. The van der Waals surface area contributed by atoms with Crippen molar-refractivity contribution in [3.05, 3.63) is 30.2 Å². The van der Waals surface area contributed by atoms with E-state index in [-0.39, 0.29) is 5.89 Å². The summed E-state index contributed by atoms with van der Waals surface area (Å²) >= 11 is 0. The van der Waals surface area contributed by atoms with E-state index in [1.807, 2.05) is 0 Å². The molecule has 4 nitrogen and oxygen atoms in total. The number of nitrogens with zero attached hydrogens (tertiary/aromatic N) is 1. The first-order valence-corrected chi connectivity index (χ1v) is 5.49. The number of aliphatic carboxylic acids is 1. The average Bonchev–Trinajstić information content (AvgIpc) is 2.68. The molecule has 0 unspecified atom stereocenters. The summed E-state index contributed by atoms with van der Waals surface area (Å²) in [5, 5.41) is 8.51. The van der Waals surface area contributed by atoms with Crippen LogP contribution in [-0.4, -0.2) is 22.2 Å². The summed E-state index contributed by atoms with van der Waals surface area (Å²) in [7, 11) is 0. The fourth-order valence-corrected chi connectivity index (χ4v) is 1.73. The van der Waals surface area contributed by atoms with Gasteiger partial charge in [-0.2, -0.15) is 13.2 Å². The second-order valence-electron chi connectivity index (χ2n) is 4.12. The average molecular weight is 273 g/mol. The molecule has 1 heterocycles. The minimum absolute atomic E-state index is 0.107. The summed E-state index contributed by atoms with van der Waals surface area (Å²) in [5.41, 5.74) is 0.836. The van der Waals surface area contributed by atoms with Crippen LogP contribution < -0.4 is 0 Å². The predicted molar refractivity (Wildman–Crippen MR) is 59.5 cm³/mol. The number of fused-ring (bicyclic) bond motifs is 1. The second-order valence-corrected chi connectivity index (χ2v) is 4.12. The van der Waals surface area contributed by atoms with Crippen molar-refractivity contribution in [2.75, 3.05) is 0 Å². The Kier molecular flexibility index (Phi) is 3.46. The van der Waals surface area contributed by atoms with E-state index >= 15 is 0 Å². The number of carboxylic acid groups (broad SMARTS) is 1. The maximum Gasteiger partial charge on any atom is 0.392 e. The molecule has 1 N–H and O–H groups in total. The van der Waals surface area contributed by atoms with Crippen molar-refractivity contribution in [2.45, 2.75) is 19.0 Å². The number of rotatable bonds is 4. The first-order valence-electron chi connectivity index (χ1n) is 5.49. The van der Waals surface area contributed by atoms with Crippen LogP contribution in [0.2, 0.25) is 0 Å². The molecule has 7 heteroatoms. The highest BCUT2D eigenvalue weighted by Crippen LogP contribution is 2.32. The number of para-hydroxylation sites is 2. The lowest BCUT2D eigenvalue weighted by Crippen LogP contribution is -2.27. The van der Waals surface area contributed by atoms with Crippen LogP contribution >= 0.6 is 0 Å². The molecular formula is C12H10F3NO3. The zero-order valence-electron chi connectivity index (χ0n) is 9.65. The highest BCUT2D eigenvalue weighted by molar-refractivity contribution is 5.72. The highest BCUT2D eigenvalue weighted by atomic mass is 19.4. The molecule has 0 saturated carbocycles. The molecule has 0 spiro atoms. The molecule has 102 valence electrons. The summed E-state index contributed by atoms with van der Waals surface area (Å²) in [4.78, 5) is 14.4. The Balaban J connectivity index is 2.23. The standard InChI is InChI=1S/C12H10F3NO3/c13-12(14,15)7(6-11(17)18)5-10-16-8-3-1-2-4-9(8)19-10/h1-4,7H,5-6H2,(H,17,18)/t7-/m0/s1.